The second-order valence-electron chi connectivity index (χ2n) is 5.25. The molecule has 10 heteroatoms. The summed E-state index contributed by atoms with van der Waals surface area (Å²) < 4.78 is 21.3. The van der Waals surface area contributed by atoms with Gasteiger partial charge < -0.3 is 30.4 Å². The summed E-state index contributed by atoms with van der Waals surface area (Å²) in [5.74, 6) is 0. The van der Waals surface area contributed by atoms with Gasteiger partial charge in [-0.3, -0.25) is 9.05 Å². The quantitative estimate of drug-likeness (QED) is 0.348. The van der Waals surface area contributed by atoms with E-state index in [0.29, 0.717) is 5.56 Å². The highest BCUT2D eigenvalue weighted by Gasteiger charge is 2.51. The standard InChI is InChI=1S/C13H19O9P/c14-8-9(15)11(17)13(12(18)10(8)16)22-23(19,20)21-6-7-4-2-1-3-5-7/h1-5,8-18H,6H2,(H,19,20)/t8?,9-,10+,11+,12-,13?. The van der Waals surface area contributed by atoms with Crippen molar-refractivity contribution in [3.05, 3.63) is 35.9 Å². The second kappa shape index (κ2) is 7.35. The van der Waals surface area contributed by atoms with Crippen molar-refractivity contribution in [1.82, 2.24) is 0 Å². The van der Waals surface area contributed by atoms with Crippen molar-refractivity contribution < 1.29 is 44.0 Å². The van der Waals surface area contributed by atoms with Crippen LogP contribution in [0.15, 0.2) is 30.3 Å². The summed E-state index contributed by atoms with van der Waals surface area (Å²) in [7, 11) is -4.70. The van der Waals surface area contributed by atoms with Gasteiger partial charge in [-0.1, -0.05) is 30.3 Å². The summed E-state index contributed by atoms with van der Waals surface area (Å²) in [6.45, 7) is -0.263. The van der Waals surface area contributed by atoms with Crippen LogP contribution in [0.5, 0.6) is 0 Å². The molecule has 1 aliphatic rings. The van der Waals surface area contributed by atoms with Crippen LogP contribution >= 0.6 is 7.82 Å². The zero-order valence-corrected chi connectivity index (χ0v) is 12.8. The van der Waals surface area contributed by atoms with Crippen LogP contribution in [0.4, 0.5) is 0 Å². The van der Waals surface area contributed by atoms with E-state index in [4.69, 9.17) is 4.52 Å². The van der Waals surface area contributed by atoms with Crippen LogP contribution in [0.25, 0.3) is 0 Å². The van der Waals surface area contributed by atoms with Crippen LogP contribution in [-0.2, 0) is 20.2 Å². The molecule has 0 radical (unpaired) electrons. The molecule has 7 atom stereocenters. The average molecular weight is 350 g/mol. The maximum atomic E-state index is 11.9. The van der Waals surface area contributed by atoms with Crippen molar-refractivity contribution in [2.45, 2.75) is 43.2 Å². The predicted molar refractivity (Wildman–Crippen MR) is 76.0 cm³/mol. The molecule has 0 heterocycles. The number of aliphatic hydroxyl groups is 5. The number of phosphoric ester groups is 1. The zero-order chi connectivity index (χ0) is 17.2. The molecule has 130 valence electrons. The third-order valence-electron chi connectivity index (χ3n) is 3.56. The molecule has 0 spiro atoms. The number of hydrogen-bond donors (Lipinski definition) is 6. The number of benzene rings is 1. The van der Waals surface area contributed by atoms with E-state index in [1.807, 2.05) is 0 Å². The van der Waals surface area contributed by atoms with Gasteiger partial charge >= 0.3 is 7.82 Å². The van der Waals surface area contributed by atoms with Crippen molar-refractivity contribution in [3.8, 4) is 0 Å². The Morgan fingerprint density at radius 2 is 1.35 bits per heavy atom. The molecule has 1 aliphatic carbocycles. The van der Waals surface area contributed by atoms with Crippen molar-refractivity contribution in [2.24, 2.45) is 0 Å². The van der Waals surface area contributed by atoms with E-state index >= 15 is 0 Å². The summed E-state index contributed by atoms with van der Waals surface area (Å²) >= 11 is 0. The fourth-order valence-electron chi connectivity index (χ4n) is 2.24. The Morgan fingerprint density at radius 1 is 0.870 bits per heavy atom. The van der Waals surface area contributed by atoms with Gasteiger partial charge in [0, 0.05) is 0 Å². The molecule has 23 heavy (non-hydrogen) atoms. The van der Waals surface area contributed by atoms with Gasteiger partial charge in [0.15, 0.2) is 0 Å². The molecule has 0 amide bonds. The fraction of sp³-hybridized carbons (Fsp3) is 0.538. The van der Waals surface area contributed by atoms with Gasteiger partial charge in [-0.05, 0) is 5.56 Å². The SMILES string of the molecule is O=P(O)(OCc1ccccc1)OC1[C@@H](O)[C@H](O)C(O)[C@H](O)[C@H]1O. The first kappa shape index (κ1) is 18.5. The molecule has 9 nitrogen and oxygen atoms in total. The van der Waals surface area contributed by atoms with Crippen molar-refractivity contribution >= 4 is 7.82 Å². The van der Waals surface area contributed by atoms with E-state index in [2.05, 4.69) is 4.52 Å². The van der Waals surface area contributed by atoms with Crippen molar-refractivity contribution in [1.29, 1.82) is 0 Å². The summed E-state index contributed by atoms with van der Waals surface area (Å²) in [4.78, 5) is 9.67. The maximum Gasteiger partial charge on any atom is 0.472 e. The maximum absolute atomic E-state index is 11.9. The summed E-state index contributed by atoms with van der Waals surface area (Å²) in [5.41, 5.74) is 0.589. The van der Waals surface area contributed by atoms with E-state index in [1.54, 1.807) is 30.3 Å². The summed E-state index contributed by atoms with van der Waals surface area (Å²) in [6.07, 6.45) is -11.1. The lowest BCUT2D eigenvalue weighted by Crippen LogP contribution is -2.64. The number of phosphoric acid groups is 1. The van der Waals surface area contributed by atoms with Crippen LogP contribution in [0, 0.1) is 0 Å². The number of hydrogen-bond acceptors (Lipinski definition) is 8. The Morgan fingerprint density at radius 3 is 1.87 bits per heavy atom. The normalized spacial score (nSPS) is 37.3. The second-order valence-corrected chi connectivity index (χ2v) is 6.66. The zero-order valence-electron chi connectivity index (χ0n) is 11.9. The Bertz CT molecular complexity index is 538. The Labute approximate surface area is 132 Å². The molecule has 1 saturated carbocycles. The minimum absolute atomic E-state index is 0.263. The first-order valence-corrected chi connectivity index (χ1v) is 8.32. The van der Waals surface area contributed by atoms with Crippen molar-refractivity contribution in [2.75, 3.05) is 0 Å². The molecule has 0 bridgehead atoms. The Hall–Kier alpha value is -0.870. The Balaban J connectivity index is 2.02. The molecular formula is C13H19O9P. The number of aliphatic hydroxyl groups excluding tert-OH is 5. The van der Waals surface area contributed by atoms with Crippen LogP contribution < -0.4 is 0 Å². The lowest BCUT2D eigenvalue weighted by molar-refractivity contribution is -0.220. The highest BCUT2D eigenvalue weighted by Crippen LogP contribution is 2.47. The topological polar surface area (TPSA) is 157 Å². The van der Waals surface area contributed by atoms with E-state index in [0.717, 1.165) is 0 Å². The summed E-state index contributed by atoms with van der Waals surface area (Å²) in [6, 6.07) is 8.44. The monoisotopic (exact) mass is 350 g/mol. The smallest absolute Gasteiger partial charge is 0.387 e. The fourth-order valence-corrected chi connectivity index (χ4v) is 3.17. The third kappa shape index (κ3) is 4.36. The lowest BCUT2D eigenvalue weighted by atomic mass is 9.85. The predicted octanol–water partition coefficient (Wildman–Crippen LogP) is -1.49. The van der Waals surface area contributed by atoms with Crippen LogP contribution in [0.2, 0.25) is 0 Å². The van der Waals surface area contributed by atoms with Crippen LogP contribution in [-0.4, -0.2) is 67.0 Å². The summed E-state index contributed by atoms with van der Waals surface area (Å²) in [5, 5.41) is 48.0. The molecule has 6 N–H and O–H groups in total. The highest BCUT2D eigenvalue weighted by atomic mass is 31.2. The molecule has 1 aromatic carbocycles. The van der Waals surface area contributed by atoms with Gasteiger partial charge in [0.25, 0.3) is 0 Å². The molecule has 0 saturated heterocycles. The van der Waals surface area contributed by atoms with E-state index in [1.165, 1.54) is 0 Å². The van der Waals surface area contributed by atoms with Crippen LogP contribution in [0.1, 0.15) is 5.56 Å². The molecule has 2 rings (SSSR count). The first-order chi connectivity index (χ1) is 10.7. The Kier molecular flexibility index (Phi) is 5.90. The van der Waals surface area contributed by atoms with Gasteiger partial charge in [-0.25, -0.2) is 4.57 Å². The van der Waals surface area contributed by atoms with Crippen molar-refractivity contribution in [3.63, 3.8) is 0 Å². The van der Waals surface area contributed by atoms with Gasteiger partial charge in [-0.2, -0.15) is 0 Å². The van der Waals surface area contributed by atoms with E-state index in [-0.39, 0.29) is 6.61 Å². The van der Waals surface area contributed by atoms with E-state index in [9.17, 15) is 35.0 Å². The van der Waals surface area contributed by atoms with Gasteiger partial charge in [0.1, 0.15) is 36.6 Å². The molecule has 0 aliphatic heterocycles. The minimum atomic E-state index is -4.70. The highest BCUT2D eigenvalue weighted by molar-refractivity contribution is 7.47. The van der Waals surface area contributed by atoms with Gasteiger partial charge in [0.2, 0.25) is 0 Å². The largest absolute Gasteiger partial charge is 0.472 e. The molecule has 0 aromatic heterocycles. The van der Waals surface area contributed by atoms with Crippen LogP contribution in [0.3, 0.4) is 0 Å². The lowest BCUT2D eigenvalue weighted by Gasteiger charge is -2.41. The molecule has 1 aromatic rings. The minimum Gasteiger partial charge on any atom is -0.387 e. The van der Waals surface area contributed by atoms with Gasteiger partial charge in [-0.15, -0.1) is 0 Å². The molecule has 1 fully saturated rings. The third-order valence-corrected chi connectivity index (χ3v) is 4.53. The average Bonchev–Trinajstić information content (AvgIpc) is 2.54. The first-order valence-electron chi connectivity index (χ1n) is 6.83. The number of rotatable bonds is 5. The van der Waals surface area contributed by atoms with Gasteiger partial charge in [0.05, 0.1) is 6.61 Å². The molecule has 3 unspecified atom stereocenters. The van der Waals surface area contributed by atoms with E-state index < -0.39 is 44.4 Å². The molecular weight excluding hydrogens is 331 g/mol.